The normalized spacial score (nSPS) is 15.7. The Morgan fingerprint density at radius 3 is 2.18 bits per heavy atom. The van der Waals surface area contributed by atoms with E-state index in [0.29, 0.717) is 32.2 Å². The van der Waals surface area contributed by atoms with Crippen LogP contribution in [0.4, 0.5) is 4.79 Å². The number of rotatable bonds is 9. The molecule has 0 bridgehead atoms. The number of carbonyl (C=O) groups is 3. The lowest BCUT2D eigenvalue weighted by Gasteiger charge is -2.44. The summed E-state index contributed by atoms with van der Waals surface area (Å²) in [5.41, 5.74) is 3.67. The standard InChI is InChI=1S/C26H30N2O5/c1-28(26(24(30)31)14-8-15-26)23(29)13-6-7-16-27-25(32)33-17-22-20-11-4-2-9-18(20)19-10-3-5-12-21(19)22/h2-5,9-12,22H,6-8,13-17H2,1H3,(H,27,32)(H,30,31). The molecule has 0 radical (unpaired) electrons. The van der Waals surface area contributed by atoms with Gasteiger partial charge in [0.1, 0.15) is 12.1 Å². The van der Waals surface area contributed by atoms with Gasteiger partial charge in [0.25, 0.3) is 0 Å². The van der Waals surface area contributed by atoms with Crippen LogP contribution >= 0.6 is 0 Å². The predicted molar refractivity (Wildman–Crippen MR) is 124 cm³/mol. The maximum Gasteiger partial charge on any atom is 0.407 e. The summed E-state index contributed by atoms with van der Waals surface area (Å²) in [6.07, 6.45) is 2.82. The minimum Gasteiger partial charge on any atom is -0.479 e. The molecule has 33 heavy (non-hydrogen) atoms. The molecule has 1 fully saturated rings. The van der Waals surface area contributed by atoms with Crippen molar-refractivity contribution in [1.82, 2.24) is 10.2 Å². The molecule has 4 rings (SSSR count). The summed E-state index contributed by atoms with van der Waals surface area (Å²) in [4.78, 5) is 37.5. The summed E-state index contributed by atoms with van der Waals surface area (Å²) in [6.45, 7) is 0.665. The fourth-order valence-corrected chi connectivity index (χ4v) is 4.85. The number of nitrogens with zero attached hydrogens (tertiary/aromatic N) is 1. The molecule has 0 unspecified atom stereocenters. The first-order chi connectivity index (χ1) is 15.9. The van der Waals surface area contributed by atoms with Gasteiger partial charge in [-0.15, -0.1) is 0 Å². The van der Waals surface area contributed by atoms with Gasteiger partial charge in [0.05, 0.1) is 0 Å². The SMILES string of the molecule is CN(C(=O)CCCCNC(=O)OCC1c2ccccc2-c2ccccc21)C1(C(=O)O)CCC1. The molecule has 7 heteroatoms. The van der Waals surface area contributed by atoms with Crippen LogP contribution in [0.25, 0.3) is 11.1 Å². The van der Waals surface area contributed by atoms with Crippen molar-refractivity contribution >= 4 is 18.0 Å². The van der Waals surface area contributed by atoms with Crippen molar-refractivity contribution in [1.29, 1.82) is 0 Å². The minimum absolute atomic E-state index is 0.0179. The third kappa shape index (κ3) is 4.45. The van der Waals surface area contributed by atoms with E-state index in [2.05, 4.69) is 29.6 Å². The fourth-order valence-electron chi connectivity index (χ4n) is 4.85. The Morgan fingerprint density at radius 2 is 1.64 bits per heavy atom. The highest BCUT2D eigenvalue weighted by Crippen LogP contribution is 2.44. The number of benzene rings is 2. The van der Waals surface area contributed by atoms with Crippen molar-refractivity contribution in [2.24, 2.45) is 0 Å². The van der Waals surface area contributed by atoms with E-state index in [1.807, 2.05) is 24.3 Å². The number of alkyl carbamates (subject to hydrolysis) is 1. The van der Waals surface area contributed by atoms with E-state index in [9.17, 15) is 19.5 Å². The van der Waals surface area contributed by atoms with E-state index < -0.39 is 17.6 Å². The van der Waals surface area contributed by atoms with Crippen LogP contribution in [-0.2, 0) is 14.3 Å². The number of carboxylic acids is 1. The molecule has 2 aliphatic rings. The van der Waals surface area contributed by atoms with Gasteiger partial charge in [-0.2, -0.15) is 0 Å². The molecule has 0 aliphatic heterocycles. The van der Waals surface area contributed by atoms with E-state index in [4.69, 9.17) is 4.74 Å². The lowest BCUT2D eigenvalue weighted by Crippen LogP contribution is -2.59. The highest BCUT2D eigenvalue weighted by Gasteiger charge is 2.49. The summed E-state index contributed by atoms with van der Waals surface area (Å²) in [6, 6.07) is 16.4. The summed E-state index contributed by atoms with van der Waals surface area (Å²) < 4.78 is 5.51. The van der Waals surface area contributed by atoms with E-state index in [1.165, 1.54) is 27.2 Å². The molecule has 0 spiro atoms. The summed E-state index contributed by atoms with van der Waals surface area (Å²) in [5, 5.41) is 12.2. The maximum absolute atomic E-state index is 12.4. The topological polar surface area (TPSA) is 95.9 Å². The number of hydrogen-bond acceptors (Lipinski definition) is 4. The number of ether oxygens (including phenoxy) is 1. The van der Waals surface area contributed by atoms with Gasteiger partial charge in [-0.3, -0.25) is 4.79 Å². The molecule has 0 heterocycles. The van der Waals surface area contributed by atoms with Gasteiger partial charge in [-0.1, -0.05) is 48.5 Å². The summed E-state index contributed by atoms with van der Waals surface area (Å²) >= 11 is 0. The Balaban J connectivity index is 1.19. The van der Waals surface area contributed by atoms with Crippen LogP contribution in [0.3, 0.4) is 0 Å². The maximum atomic E-state index is 12.4. The lowest BCUT2D eigenvalue weighted by molar-refractivity contribution is -0.164. The van der Waals surface area contributed by atoms with E-state index in [1.54, 1.807) is 7.05 Å². The van der Waals surface area contributed by atoms with Crippen LogP contribution in [0.2, 0.25) is 0 Å². The number of hydrogen-bond donors (Lipinski definition) is 2. The molecule has 2 amide bonds. The molecule has 0 saturated heterocycles. The number of fused-ring (bicyclic) bond motifs is 3. The highest BCUT2D eigenvalue weighted by molar-refractivity contribution is 5.87. The zero-order valence-electron chi connectivity index (χ0n) is 18.9. The van der Waals surface area contributed by atoms with Gasteiger partial charge in [-0.05, 0) is 54.4 Å². The molecule has 1 saturated carbocycles. The molecular formula is C26H30N2O5. The number of unbranched alkanes of at least 4 members (excludes halogenated alkanes) is 1. The first-order valence-electron chi connectivity index (χ1n) is 11.5. The number of aliphatic carboxylic acids is 1. The number of nitrogens with one attached hydrogen (secondary N) is 1. The zero-order valence-corrected chi connectivity index (χ0v) is 18.9. The molecule has 0 atom stereocenters. The van der Waals surface area contributed by atoms with Crippen LogP contribution in [0.1, 0.15) is 55.6 Å². The van der Waals surface area contributed by atoms with Crippen LogP contribution in [0, 0.1) is 0 Å². The monoisotopic (exact) mass is 450 g/mol. The quantitative estimate of drug-likeness (QED) is 0.559. The third-order valence-electron chi connectivity index (χ3n) is 7.03. The molecule has 7 nitrogen and oxygen atoms in total. The van der Waals surface area contributed by atoms with Crippen LogP contribution in [0.5, 0.6) is 0 Å². The molecular weight excluding hydrogens is 420 g/mol. The van der Waals surface area contributed by atoms with E-state index in [0.717, 1.165) is 6.42 Å². The second-order valence-corrected chi connectivity index (χ2v) is 8.85. The van der Waals surface area contributed by atoms with Gasteiger partial charge in [0.15, 0.2) is 0 Å². The van der Waals surface area contributed by atoms with Crippen LogP contribution < -0.4 is 5.32 Å². The van der Waals surface area contributed by atoms with Gasteiger partial charge >= 0.3 is 12.1 Å². The Labute approximate surface area is 193 Å². The van der Waals surface area contributed by atoms with Gasteiger partial charge in [0, 0.05) is 25.9 Å². The number of likely N-dealkylation sites (N-methyl/N-ethyl adjacent to an activating group) is 1. The average Bonchev–Trinajstić information content (AvgIpc) is 3.10. The Bertz CT molecular complexity index is 1000. The molecule has 2 aromatic carbocycles. The highest BCUT2D eigenvalue weighted by atomic mass is 16.5. The molecule has 2 aromatic rings. The summed E-state index contributed by atoms with van der Waals surface area (Å²) in [5.74, 6) is -1.08. The average molecular weight is 451 g/mol. The Morgan fingerprint density at radius 1 is 1.03 bits per heavy atom. The Hall–Kier alpha value is -3.35. The van der Waals surface area contributed by atoms with Crippen molar-refractivity contribution in [3.63, 3.8) is 0 Å². The molecule has 0 aromatic heterocycles. The van der Waals surface area contributed by atoms with Gasteiger partial charge in [0.2, 0.25) is 5.91 Å². The second kappa shape index (κ2) is 9.65. The van der Waals surface area contributed by atoms with Crippen LogP contribution in [0.15, 0.2) is 48.5 Å². The van der Waals surface area contributed by atoms with Crippen molar-refractivity contribution < 1.29 is 24.2 Å². The molecule has 2 aliphatic carbocycles. The van der Waals surface area contributed by atoms with Crippen molar-refractivity contribution in [3.8, 4) is 11.1 Å². The van der Waals surface area contributed by atoms with E-state index >= 15 is 0 Å². The van der Waals surface area contributed by atoms with Crippen LogP contribution in [-0.4, -0.2) is 53.7 Å². The van der Waals surface area contributed by atoms with Gasteiger partial charge in [-0.25, -0.2) is 9.59 Å². The lowest BCUT2D eigenvalue weighted by atomic mass is 9.75. The first-order valence-corrected chi connectivity index (χ1v) is 11.5. The van der Waals surface area contributed by atoms with Gasteiger partial charge < -0.3 is 20.1 Å². The van der Waals surface area contributed by atoms with Crippen molar-refractivity contribution in [2.45, 2.75) is 50.0 Å². The smallest absolute Gasteiger partial charge is 0.407 e. The predicted octanol–water partition coefficient (Wildman–Crippen LogP) is 4.16. The number of carboxylic acid groups (broad SMARTS) is 1. The third-order valence-corrected chi connectivity index (χ3v) is 7.03. The molecule has 2 N–H and O–H groups in total. The van der Waals surface area contributed by atoms with E-state index in [-0.39, 0.29) is 24.9 Å². The summed E-state index contributed by atoms with van der Waals surface area (Å²) in [7, 11) is 1.57. The van der Waals surface area contributed by atoms with Crippen molar-refractivity contribution in [2.75, 3.05) is 20.2 Å². The minimum atomic E-state index is -1.03. The number of carbonyl (C=O) groups excluding carboxylic acids is 2. The largest absolute Gasteiger partial charge is 0.479 e. The Kier molecular flexibility index (Phi) is 6.67. The second-order valence-electron chi connectivity index (χ2n) is 8.85. The zero-order chi connectivity index (χ0) is 23.4. The number of amides is 2. The fraction of sp³-hybridized carbons (Fsp3) is 0.423. The first kappa shape index (κ1) is 22.8. The molecule has 174 valence electrons. The van der Waals surface area contributed by atoms with Crippen molar-refractivity contribution in [3.05, 3.63) is 59.7 Å².